The van der Waals surface area contributed by atoms with Crippen LogP contribution in [0, 0.1) is 5.92 Å². The van der Waals surface area contributed by atoms with Crippen molar-refractivity contribution in [3.05, 3.63) is 29.8 Å². The van der Waals surface area contributed by atoms with Gasteiger partial charge in [0.25, 0.3) is 0 Å². The second-order valence-electron chi connectivity index (χ2n) is 3.93. The van der Waals surface area contributed by atoms with Crippen molar-refractivity contribution in [1.29, 1.82) is 0 Å². The number of carbonyl (C=O) groups is 1. The molecule has 1 atom stereocenters. The summed E-state index contributed by atoms with van der Waals surface area (Å²) in [4.78, 5) is 11.6. The van der Waals surface area contributed by atoms with Crippen molar-refractivity contribution in [3.63, 3.8) is 0 Å². The van der Waals surface area contributed by atoms with Gasteiger partial charge in [0.05, 0.1) is 0 Å². The molecule has 0 saturated carbocycles. The highest BCUT2D eigenvalue weighted by Crippen LogP contribution is 2.12. The van der Waals surface area contributed by atoms with Gasteiger partial charge in [-0.1, -0.05) is 41.9 Å². The van der Waals surface area contributed by atoms with Gasteiger partial charge in [-0.15, -0.1) is 0 Å². The average molecular weight is 284 g/mol. The molecule has 1 N–H and O–H groups in total. The van der Waals surface area contributed by atoms with Crippen molar-refractivity contribution in [2.45, 2.75) is 26.7 Å². The van der Waals surface area contributed by atoms with Gasteiger partial charge in [0.2, 0.25) is 5.91 Å². The molecule has 0 saturated heterocycles. The lowest BCUT2D eigenvalue weighted by Crippen LogP contribution is -2.19. The van der Waals surface area contributed by atoms with Crippen molar-refractivity contribution in [1.82, 2.24) is 0 Å². The van der Waals surface area contributed by atoms with E-state index in [1.54, 1.807) is 0 Å². The van der Waals surface area contributed by atoms with E-state index in [0.29, 0.717) is 0 Å². The van der Waals surface area contributed by atoms with E-state index in [4.69, 9.17) is 0 Å². The normalized spacial score (nSPS) is 12.2. The van der Waals surface area contributed by atoms with Gasteiger partial charge in [0, 0.05) is 16.9 Å². The molecule has 0 radical (unpaired) electrons. The Bertz CT molecular complexity index is 334. The minimum absolute atomic E-state index is 0.0715. The number of rotatable bonds is 5. The summed E-state index contributed by atoms with van der Waals surface area (Å²) in [6.45, 7) is 3.96. The molecule has 3 heteroatoms. The number of benzene rings is 1. The van der Waals surface area contributed by atoms with Gasteiger partial charge >= 0.3 is 0 Å². The van der Waals surface area contributed by atoms with E-state index in [-0.39, 0.29) is 11.8 Å². The molecule has 1 aromatic carbocycles. The van der Waals surface area contributed by atoms with Crippen LogP contribution < -0.4 is 5.32 Å². The molecular formula is C13H18BrNO. The standard InChI is InChI=1S/C13H18BrNO/c1-3-10(2)13(16)15-12-6-4-11(5-7-12)8-9-14/h4-7,10H,3,8-9H2,1-2H3,(H,15,16). The fourth-order valence-corrected chi connectivity index (χ4v) is 1.77. The van der Waals surface area contributed by atoms with Crippen LogP contribution in [0.25, 0.3) is 0 Å². The Balaban J connectivity index is 2.58. The summed E-state index contributed by atoms with van der Waals surface area (Å²) in [5, 5.41) is 3.88. The third-order valence-electron chi connectivity index (χ3n) is 2.66. The summed E-state index contributed by atoms with van der Waals surface area (Å²) in [7, 11) is 0. The van der Waals surface area contributed by atoms with Gasteiger partial charge in [0.15, 0.2) is 0 Å². The fourth-order valence-electron chi connectivity index (χ4n) is 1.31. The number of carbonyl (C=O) groups excluding carboxylic acids is 1. The summed E-state index contributed by atoms with van der Waals surface area (Å²) in [5.74, 6) is 0.165. The predicted molar refractivity (Wildman–Crippen MR) is 72.0 cm³/mol. The first-order chi connectivity index (χ1) is 7.67. The molecule has 0 spiro atoms. The zero-order valence-corrected chi connectivity index (χ0v) is 11.4. The molecule has 0 aromatic heterocycles. The molecule has 1 rings (SSSR count). The maximum Gasteiger partial charge on any atom is 0.227 e. The Morgan fingerprint density at radius 1 is 1.38 bits per heavy atom. The van der Waals surface area contributed by atoms with Crippen LogP contribution in [0.2, 0.25) is 0 Å². The summed E-state index contributed by atoms with van der Waals surface area (Å²) >= 11 is 3.40. The van der Waals surface area contributed by atoms with E-state index in [1.807, 2.05) is 38.1 Å². The number of nitrogens with one attached hydrogen (secondary N) is 1. The molecule has 1 amide bonds. The molecular weight excluding hydrogens is 266 g/mol. The molecule has 16 heavy (non-hydrogen) atoms. The Morgan fingerprint density at radius 2 is 2.00 bits per heavy atom. The van der Waals surface area contributed by atoms with Crippen LogP contribution in [0.1, 0.15) is 25.8 Å². The van der Waals surface area contributed by atoms with Crippen LogP contribution in [-0.2, 0) is 11.2 Å². The van der Waals surface area contributed by atoms with Gasteiger partial charge in [-0.2, -0.15) is 0 Å². The first-order valence-electron chi connectivity index (χ1n) is 5.63. The van der Waals surface area contributed by atoms with Crippen LogP contribution in [0.3, 0.4) is 0 Å². The van der Waals surface area contributed by atoms with E-state index >= 15 is 0 Å². The molecule has 88 valence electrons. The largest absolute Gasteiger partial charge is 0.326 e. The van der Waals surface area contributed by atoms with E-state index in [0.717, 1.165) is 23.9 Å². The van der Waals surface area contributed by atoms with Gasteiger partial charge in [-0.3, -0.25) is 4.79 Å². The average Bonchev–Trinajstić information content (AvgIpc) is 2.31. The molecule has 0 bridgehead atoms. The second kappa shape index (κ2) is 6.69. The van der Waals surface area contributed by atoms with Crippen LogP contribution in [0.4, 0.5) is 5.69 Å². The third-order valence-corrected chi connectivity index (χ3v) is 3.06. The number of aryl methyl sites for hydroxylation is 1. The summed E-state index contributed by atoms with van der Waals surface area (Å²) in [6.07, 6.45) is 1.88. The first kappa shape index (κ1) is 13.2. The Labute approximate surface area is 106 Å². The van der Waals surface area contributed by atoms with E-state index < -0.39 is 0 Å². The molecule has 0 fully saturated rings. The van der Waals surface area contributed by atoms with E-state index in [1.165, 1.54) is 5.56 Å². The summed E-state index contributed by atoms with van der Waals surface area (Å²) in [5.41, 5.74) is 2.15. The maximum absolute atomic E-state index is 11.6. The van der Waals surface area contributed by atoms with E-state index in [9.17, 15) is 4.79 Å². The van der Waals surface area contributed by atoms with Crippen molar-refractivity contribution < 1.29 is 4.79 Å². The predicted octanol–water partition coefficient (Wildman–Crippen LogP) is 3.61. The smallest absolute Gasteiger partial charge is 0.227 e. The number of anilines is 1. The molecule has 1 aromatic rings. The highest BCUT2D eigenvalue weighted by molar-refractivity contribution is 9.09. The van der Waals surface area contributed by atoms with Crippen molar-refractivity contribution in [3.8, 4) is 0 Å². The zero-order valence-electron chi connectivity index (χ0n) is 9.79. The van der Waals surface area contributed by atoms with Crippen molar-refractivity contribution >= 4 is 27.5 Å². The van der Waals surface area contributed by atoms with Gasteiger partial charge in [-0.05, 0) is 30.5 Å². The number of alkyl halides is 1. The van der Waals surface area contributed by atoms with Crippen LogP contribution in [0.15, 0.2) is 24.3 Å². The topological polar surface area (TPSA) is 29.1 Å². The molecule has 0 aliphatic rings. The summed E-state index contributed by atoms with van der Waals surface area (Å²) in [6, 6.07) is 8.01. The van der Waals surface area contributed by atoms with Gasteiger partial charge in [0.1, 0.15) is 0 Å². The Kier molecular flexibility index (Phi) is 5.53. The van der Waals surface area contributed by atoms with Crippen LogP contribution in [0.5, 0.6) is 0 Å². The first-order valence-corrected chi connectivity index (χ1v) is 6.75. The molecule has 0 heterocycles. The van der Waals surface area contributed by atoms with Crippen LogP contribution >= 0.6 is 15.9 Å². The highest BCUT2D eigenvalue weighted by atomic mass is 79.9. The monoisotopic (exact) mass is 283 g/mol. The Morgan fingerprint density at radius 3 is 2.50 bits per heavy atom. The van der Waals surface area contributed by atoms with Gasteiger partial charge < -0.3 is 5.32 Å². The van der Waals surface area contributed by atoms with Gasteiger partial charge in [-0.25, -0.2) is 0 Å². The SMILES string of the molecule is CCC(C)C(=O)Nc1ccc(CCBr)cc1. The lowest BCUT2D eigenvalue weighted by Gasteiger charge is -2.10. The zero-order chi connectivity index (χ0) is 12.0. The molecule has 1 unspecified atom stereocenters. The number of amides is 1. The third kappa shape index (κ3) is 3.97. The van der Waals surface area contributed by atoms with Crippen LogP contribution in [-0.4, -0.2) is 11.2 Å². The summed E-state index contributed by atoms with van der Waals surface area (Å²) < 4.78 is 0. The lowest BCUT2D eigenvalue weighted by atomic mass is 10.1. The molecule has 0 aliphatic heterocycles. The lowest BCUT2D eigenvalue weighted by molar-refractivity contribution is -0.119. The maximum atomic E-state index is 11.6. The minimum atomic E-state index is 0.0715. The van der Waals surface area contributed by atoms with Crippen molar-refractivity contribution in [2.75, 3.05) is 10.6 Å². The highest BCUT2D eigenvalue weighted by Gasteiger charge is 2.09. The van der Waals surface area contributed by atoms with E-state index in [2.05, 4.69) is 21.2 Å². The molecule has 0 aliphatic carbocycles. The number of hydrogen-bond donors (Lipinski definition) is 1. The fraction of sp³-hybridized carbons (Fsp3) is 0.462. The number of halogens is 1. The molecule has 2 nitrogen and oxygen atoms in total. The number of hydrogen-bond acceptors (Lipinski definition) is 1. The second-order valence-corrected chi connectivity index (χ2v) is 4.73. The van der Waals surface area contributed by atoms with Crippen molar-refractivity contribution in [2.24, 2.45) is 5.92 Å². The Hall–Kier alpha value is -0.830. The quantitative estimate of drug-likeness (QED) is 0.822. The minimum Gasteiger partial charge on any atom is -0.326 e.